The molecule has 1 heterocycles. The number of methoxy groups -OCH3 is 1. The maximum Gasteiger partial charge on any atom is 0.123 e. The van der Waals surface area contributed by atoms with Gasteiger partial charge in [0, 0.05) is 36.5 Å². The van der Waals surface area contributed by atoms with Gasteiger partial charge in [0.2, 0.25) is 0 Å². The first-order chi connectivity index (χ1) is 10.2. The predicted octanol–water partition coefficient (Wildman–Crippen LogP) is 2.90. The predicted molar refractivity (Wildman–Crippen MR) is 83.5 cm³/mol. The van der Waals surface area contributed by atoms with Crippen LogP contribution in [0.15, 0.2) is 24.4 Å². The van der Waals surface area contributed by atoms with Crippen LogP contribution in [0.5, 0.6) is 5.75 Å². The fourth-order valence-corrected chi connectivity index (χ4v) is 3.20. The quantitative estimate of drug-likeness (QED) is 0.939. The molecule has 4 nitrogen and oxygen atoms in total. The maximum atomic E-state index is 5.46. The Morgan fingerprint density at radius 3 is 3.10 bits per heavy atom. The molecular formula is C17H23N3O. The number of nitrogens with zero attached hydrogens (tertiary/aromatic N) is 2. The fraction of sp³-hybridized carbons (Fsp3) is 0.471. The topological polar surface area (TPSA) is 39.1 Å². The molecule has 2 aromatic rings. The number of aromatic nitrogens is 2. The van der Waals surface area contributed by atoms with Gasteiger partial charge in [0.05, 0.1) is 13.3 Å². The van der Waals surface area contributed by atoms with E-state index in [1.54, 1.807) is 7.11 Å². The minimum atomic E-state index is 0.396. The lowest BCUT2D eigenvalue weighted by atomic mass is 9.93. The van der Waals surface area contributed by atoms with E-state index in [0.717, 1.165) is 18.7 Å². The molecule has 0 saturated carbocycles. The van der Waals surface area contributed by atoms with Crippen molar-refractivity contribution in [2.75, 3.05) is 7.11 Å². The molecule has 3 rings (SSSR count). The number of fused-ring (bicyclic) bond motifs is 1. The molecule has 0 aliphatic heterocycles. The van der Waals surface area contributed by atoms with Gasteiger partial charge >= 0.3 is 0 Å². The van der Waals surface area contributed by atoms with Gasteiger partial charge in [0.1, 0.15) is 5.75 Å². The fourth-order valence-electron chi connectivity index (χ4n) is 3.20. The third kappa shape index (κ3) is 2.81. The summed E-state index contributed by atoms with van der Waals surface area (Å²) < 4.78 is 7.47. The van der Waals surface area contributed by atoms with Gasteiger partial charge in [0.15, 0.2) is 0 Å². The van der Waals surface area contributed by atoms with Crippen LogP contribution in [0.1, 0.15) is 41.3 Å². The van der Waals surface area contributed by atoms with Crippen LogP contribution in [0.3, 0.4) is 0 Å². The van der Waals surface area contributed by atoms with Crippen molar-refractivity contribution in [1.82, 2.24) is 15.1 Å². The standard InChI is InChI=1S/C17H23N3O/c1-12-7-8-17(21-3)13(9-12)10-18-15-5-4-6-16-14(15)11-19-20(16)2/h7-9,11,15,18H,4-6,10H2,1-3H3. The molecule has 1 unspecified atom stereocenters. The zero-order valence-electron chi connectivity index (χ0n) is 13.0. The van der Waals surface area contributed by atoms with Crippen molar-refractivity contribution in [1.29, 1.82) is 0 Å². The number of aryl methyl sites for hydroxylation is 2. The van der Waals surface area contributed by atoms with E-state index in [4.69, 9.17) is 4.74 Å². The number of nitrogens with one attached hydrogen (secondary N) is 1. The minimum absolute atomic E-state index is 0.396. The van der Waals surface area contributed by atoms with Crippen molar-refractivity contribution >= 4 is 0 Å². The summed E-state index contributed by atoms with van der Waals surface area (Å²) in [5.74, 6) is 0.954. The normalized spacial score (nSPS) is 17.6. The summed E-state index contributed by atoms with van der Waals surface area (Å²) in [4.78, 5) is 0. The highest BCUT2D eigenvalue weighted by molar-refractivity contribution is 5.37. The summed E-state index contributed by atoms with van der Waals surface area (Å²) in [6.07, 6.45) is 5.54. The van der Waals surface area contributed by atoms with E-state index in [1.165, 1.54) is 35.2 Å². The molecule has 0 fully saturated rings. The van der Waals surface area contributed by atoms with Crippen LogP contribution in [-0.2, 0) is 20.0 Å². The molecule has 0 amide bonds. The number of ether oxygens (including phenoxy) is 1. The van der Waals surface area contributed by atoms with E-state index in [-0.39, 0.29) is 0 Å². The van der Waals surface area contributed by atoms with Crippen LogP contribution in [0.4, 0.5) is 0 Å². The van der Waals surface area contributed by atoms with Crippen molar-refractivity contribution in [2.45, 2.75) is 38.8 Å². The van der Waals surface area contributed by atoms with Gasteiger partial charge in [-0.15, -0.1) is 0 Å². The Morgan fingerprint density at radius 2 is 2.29 bits per heavy atom. The smallest absolute Gasteiger partial charge is 0.123 e. The van der Waals surface area contributed by atoms with E-state index < -0.39 is 0 Å². The highest BCUT2D eigenvalue weighted by atomic mass is 16.5. The van der Waals surface area contributed by atoms with E-state index in [0.29, 0.717) is 6.04 Å². The molecule has 0 radical (unpaired) electrons. The van der Waals surface area contributed by atoms with Crippen molar-refractivity contribution in [2.24, 2.45) is 7.05 Å². The van der Waals surface area contributed by atoms with Gasteiger partial charge in [-0.25, -0.2) is 0 Å². The summed E-state index contributed by atoms with van der Waals surface area (Å²) in [5.41, 5.74) is 5.21. The molecule has 0 bridgehead atoms. The molecule has 0 spiro atoms. The Labute approximate surface area is 126 Å². The molecule has 1 aromatic heterocycles. The average Bonchev–Trinajstić information content (AvgIpc) is 2.87. The zero-order chi connectivity index (χ0) is 14.8. The average molecular weight is 285 g/mol. The first-order valence-electron chi connectivity index (χ1n) is 7.56. The summed E-state index contributed by atoms with van der Waals surface area (Å²) in [5, 5.41) is 8.08. The lowest BCUT2D eigenvalue weighted by Gasteiger charge is -2.24. The summed E-state index contributed by atoms with van der Waals surface area (Å²) in [7, 11) is 3.76. The van der Waals surface area contributed by atoms with Gasteiger partial charge in [-0.1, -0.05) is 17.7 Å². The van der Waals surface area contributed by atoms with Gasteiger partial charge in [-0.2, -0.15) is 5.10 Å². The largest absolute Gasteiger partial charge is 0.496 e. The molecule has 112 valence electrons. The molecule has 1 N–H and O–H groups in total. The van der Waals surface area contributed by atoms with E-state index >= 15 is 0 Å². The lowest BCUT2D eigenvalue weighted by molar-refractivity contribution is 0.400. The Kier molecular flexibility index (Phi) is 3.97. The zero-order valence-corrected chi connectivity index (χ0v) is 13.0. The van der Waals surface area contributed by atoms with Gasteiger partial charge < -0.3 is 10.1 Å². The first-order valence-corrected chi connectivity index (χ1v) is 7.56. The second-order valence-corrected chi connectivity index (χ2v) is 5.81. The summed E-state index contributed by atoms with van der Waals surface area (Å²) >= 11 is 0. The summed E-state index contributed by atoms with van der Waals surface area (Å²) in [6, 6.07) is 6.72. The van der Waals surface area contributed by atoms with Crippen LogP contribution in [0.25, 0.3) is 0 Å². The number of benzene rings is 1. The second kappa shape index (κ2) is 5.90. The third-order valence-corrected chi connectivity index (χ3v) is 4.35. The van der Waals surface area contributed by atoms with Gasteiger partial charge in [0.25, 0.3) is 0 Å². The number of hydrogen-bond donors (Lipinski definition) is 1. The SMILES string of the molecule is COc1ccc(C)cc1CNC1CCCc2c1cnn2C. The van der Waals surface area contributed by atoms with Crippen molar-refractivity contribution in [3.8, 4) is 5.75 Å². The van der Waals surface area contributed by atoms with Crippen LogP contribution in [-0.4, -0.2) is 16.9 Å². The number of hydrogen-bond acceptors (Lipinski definition) is 3. The van der Waals surface area contributed by atoms with Crippen LogP contribution in [0.2, 0.25) is 0 Å². The second-order valence-electron chi connectivity index (χ2n) is 5.81. The van der Waals surface area contributed by atoms with Crippen LogP contribution in [0, 0.1) is 6.92 Å². The van der Waals surface area contributed by atoms with E-state index in [2.05, 4.69) is 29.5 Å². The maximum absolute atomic E-state index is 5.46. The van der Waals surface area contributed by atoms with Crippen LogP contribution >= 0.6 is 0 Å². The van der Waals surface area contributed by atoms with E-state index in [1.807, 2.05) is 24.0 Å². The van der Waals surface area contributed by atoms with Crippen molar-refractivity contribution in [3.05, 3.63) is 46.8 Å². The molecule has 1 atom stereocenters. The minimum Gasteiger partial charge on any atom is -0.496 e. The Balaban J connectivity index is 1.76. The first kappa shape index (κ1) is 14.1. The summed E-state index contributed by atoms with van der Waals surface area (Å²) in [6.45, 7) is 2.94. The molecule has 1 aromatic carbocycles. The Bertz CT molecular complexity index is 633. The highest BCUT2D eigenvalue weighted by Crippen LogP contribution is 2.30. The van der Waals surface area contributed by atoms with E-state index in [9.17, 15) is 0 Å². The molecule has 4 heteroatoms. The van der Waals surface area contributed by atoms with Crippen LogP contribution < -0.4 is 10.1 Å². The Morgan fingerprint density at radius 1 is 1.43 bits per heavy atom. The number of rotatable bonds is 4. The Hall–Kier alpha value is -1.81. The molecular weight excluding hydrogens is 262 g/mol. The monoisotopic (exact) mass is 285 g/mol. The molecule has 1 aliphatic rings. The van der Waals surface area contributed by atoms with Crippen molar-refractivity contribution < 1.29 is 4.74 Å². The lowest BCUT2D eigenvalue weighted by Crippen LogP contribution is -2.25. The molecule has 0 saturated heterocycles. The molecule has 21 heavy (non-hydrogen) atoms. The molecule has 1 aliphatic carbocycles. The van der Waals surface area contributed by atoms with Gasteiger partial charge in [-0.05, 0) is 32.3 Å². The van der Waals surface area contributed by atoms with Crippen molar-refractivity contribution in [3.63, 3.8) is 0 Å². The third-order valence-electron chi connectivity index (χ3n) is 4.35. The highest BCUT2D eigenvalue weighted by Gasteiger charge is 2.23. The van der Waals surface area contributed by atoms with Gasteiger partial charge in [-0.3, -0.25) is 4.68 Å².